The topological polar surface area (TPSA) is 97.7 Å². The summed E-state index contributed by atoms with van der Waals surface area (Å²) in [5.41, 5.74) is 2.75. The molecule has 0 saturated heterocycles. The molecule has 0 atom stereocenters. The lowest BCUT2D eigenvalue weighted by Gasteiger charge is -2.07. The number of carbonyl (C=O) groups is 1. The summed E-state index contributed by atoms with van der Waals surface area (Å²) in [4.78, 5) is 15.6. The van der Waals surface area contributed by atoms with Crippen LogP contribution in [-0.2, 0) is 7.05 Å². The van der Waals surface area contributed by atoms with Crippen LogP contribution in [0.1, 0.15) is 10.4 Å². The summed E-state index contributed by atoms with van der Waals surface area (Å²) in [6, 6.07) is 8.91. The minimum atomic E-state index is 0.468. The Morgan fingerprint density at radius 3 is 2.93 bits per heavy atom. The van der Waals surface area contributed by atoms with Crippen LogP contribution in [0.25, 0.3) is 22.3 Å². The zero-order chi connectivity index (χ0) is 19.0. The van der Waals surface area contributed by atoms with Gasteiger partial charge in [-0.3, -0.25) is 9.89 Å². The molecule has 8 nitrogen and oxygen atoms in total. The molecule has 0 bridgehead atoms. The molecule has 4 rings (SSSR count). The summed E-state index contributed by atoms with van der Waals surface area (Å²) in [6.07, 6.45) is 2.42. The van der Waals surface area contributed by atoms with E-state index in [1.54, 1.807) is 36.1 Å². The third-order valence-corrected chi connectivity index (χ3v) is 4.59. The minimum Gasteiger partial charge on any atom is -0.496 e. The molecule has 9 heteroatoms. The van der Waals surface area contributed by atoms with E-state index >= 15 is 0 Å². The van der Waals surface area contributed by atoms with Crippen molar-refractivity contribution in [3.63, 3.8) is 0 Å². The molecule has 27 heavy (non-hydrogen) atoms. The number of ether oxygens (including phenoxy) is 1. The third-order valence-electron chi connectivity index (χ3n) is 4.19. The number of carbonyl (C=O) groups excluding carboxylic acids is 1. The van der Waals surface area contributed by atoms with Crippen LogP contribution in [0.5, 0.6) is 5.75 Å². The van der Waals surface area contributed by atoms with Gasteiger partial charge in [0, 0.05) is 18.0 Å². The number of H-pyrrole nitrogens is 1. The highest BCUT2D eigenvalue weighted by Gasteiger charge is 2.14. The number of aldehydes is 1. The van der Waals surface area contributed by atoms with Crippen molar-refractivity contribution in [1.29, 1.82) is 0 Å². The Bertz CT molecular complexity index is 1150. The molecular weight excluding hydrogens is 368 g/mol. The number of nitrogens with one attached hydrogen (secondary N) is 2. The summed E-state index contributed by atoms with van der Waals surface area (Å²) in [5.74, 6) is 1.49. The van der Waals surface area contributed by atoms with Gasteiger partial charge < -0.3 is 10.1 Å². The molecule has 0 amide bonds. The van der Waals surface area contributed by atoms with E-state index in [0.717, 1.165) is 22.8 Å². The Morgan fingerprint density at radius 1 is 1.30 bits per heavy atom. The minimum absolute atomic E-state index is 0.468. The Hall–Kier alpha value is -3.39. The van der Waals surface area contributed by atoms with Crippen LogP contribution in [0.15, 0.2) is 36.5 Å². The standard InChI is InChI=1S/C18H15ClN6O2/c1-25-18(21-14-6-5-13-12(16(14)19)8-20-23-13)22-17(24-25)10-3-4-11(9-26)15(7-10)27-2/h3-9H,1-2H3,(H,20,23)(H,21,22,24). The number of hydrogen-bond donors (Lipinski definition) is 2. The Balaban J connectivity index is 1.69. The van der Waals surface area contributed by atoms with Crippen molar-refractivity contribution in [2.45, 2.75) is 0 Å². The molecule has 0 aliphatic carbocycles. The largest absolute Gasteiger partial charge is 0.496 e. The first-order chi connectivity index (χ1) is 13.1. The molecular formula is C18H15ClN6O2. The van der Waals surface area contributed by atoms with Crippen LogP contribution in [0, 0.1) is 0 Å². The van der Waals surface area contributed by atoms with E-state index < -0.39 is 0 Å². The van der Waals surface area contributed by atoms with Crippen molar-refractivity contribution in [1.82, 2.24) is 25.0 Å². The van der Waals surface area contributed by atoms with Gasteiger partial charge in [0.2, 0.25) is 5.95 Å². The Labute approximate surface area is 159 Å². The van der Waals surface area contributed by atoms with Crippen LogP contribution in [-0.4, -0.2) is 38.4 Å². The highest BCUT2D eigenvalue weighted by atomic mass is 35.5. The lowest BCUT2D eigenvalue weighted by atomic mass is 10.1. The fraction of sp³-hybridized carbons (Fsp3) is 0.111. The Kier molecular flexibility index (Phi) is 4.25. The molecule has 2 aromatic heterocycles. The molecule has 4 aromatic rings. The number of rotatable bonds is 5. The maximum atomic E-state index is 11.1. The molecule has 0 radical (unpaired) electrons. The van der Waals surface area contributed by atoms with Crippen molar-refractivity contribution in [2.75, 3.05) is 12.4 Å². The molecule has 2 aromatic carbocycles. The first kappa shape index (κ1) is 17.0. The average molecular weight is 383 g/mol. The van der Waals surface area contributed by atoms with E-state index in [4.69, 9.17) is 16.3 Å². The third kappa shape index (κ3) is 3.00. The van der Waals surface area contributed by atoms with Crippen molar-refractivity contribution < 1.29 is 9.53 Å². The highest BCUT2D eigenvalue weighted by molar-refractivity contribution is 6.38. The second-order valence-electron chi connectivity index (χ2n) is 5.84. The number of methoxy groups -OCH3 is 1. The zero-order valence-electron chi connectivity index (χ0n) is 14.5. The Morgan fingerprint density at radius 2 is 2.15 bits per heavy atom. The van der Waals surface area contributed by atoms with Gasteiger partial charge in [0.1, 0.15) is 5.75 Å². The van der Waals surface area contributed by atoms with Gasteiger partial charge in [-0.2, -0.15) is 10.1 Å². The molecule has 0 aliphatic rings. The molecule has 0 fully saturated rings. The lowest BCUT2D eigenvalue weighted by Crippen LogP contribution is -2.00. The summed E-state index contributed by atoms with van der Waals surface area (Å²) in [7, 11) is 3.29. The SMILES string of the molecule is COc1cc(-c2nc(Nc3ccc4[nH]ncc4c3Cl)n(C)n2)ccc1C=O. The number of aromatic amines is 1. The summed E-state index contributed by atoms with van der Waals surface area (Å²) >= 11 is 6.45. The summed E-state index contributed by atoms with van der Waals surface area (Å²) < 4.78 is 6.86. The highest BCUT2D eigenvalue weighted by Crippen LogP contribution is 2.32. The first-order valence-corrected chi connectivity index (χ1v) is 8.41. The number of benzene rings is 2. The van der Waals surface area contributed by atoms with E-state index in [-0.39, 0.29) is 0 Å². The molecule has 2 N–H and O–H groups in total. The van der Waals surface area contributed by atoms with Crippen LogP contribution >= 0.6 is 11.6 Å². The smallest absolute Gasteiger partial charge is 0.225 e. The monoisotopic (exact) mass is 382 g/mol. The summed E-state index contributed by atoms with van der Waals surface area (Å²) in [5, 5.41) is 15.9. The molecule has 2 heterocycles. The number of halogens is 1. The number of fused-ring (bicyclic) bond motifs is 1. The van der Waals surface area contributed by atoms with E-state index in [1.807, 2.05) is 12.1 Å². The molecule has 0 spiro atoms. The fourth-order valence-electron chi connectivity index (χ4n) is 2.76. The average Bonchev–Trinajstić information content (AvgIpc) is 3.31. The van der Waals surface area contributed by atoms with E-state index in [0.29, 0.717) is 33.8 Å². The van der Waals surface area contributed by atoms with Gasteiger partial charge in [0.25, 0.3) is 0 Å². The first-order valence-electron chi connectivity index (χ1n) is 8.04. The van der Waals surface area contributed by atoms with Crippen LogP contribution in [0.4, 0.5) is 11.6 Å². The number of aromatic nitrogens is 5. The second-order valence-corrected chi connectivity index (χ2v) is 6.22. The molecule has 0 aliphatic heterocycles. The number of aryl methyl sites for hydroxylation is 1. The maximum Gasteiger partial charge on any atom is 0.225 e. The van der Waals surface area contributed by atoms with Crippen molar-refractivity contribution in [3.8, 4) is 17.1 Å². The predicted molar refractivity (Wildman–Crippen MR) is 103 cm³/mol. The van der Waals surface area contributed by atoms with E-state index in [1.165, 1.54) is 7.11 Å². The van der Waals surface area contributed by atoms with Gasteiger partial charge in [0.15, 0.2) is 12.1 Å². The van der Waals surface area contributed by atoms with Crippen molar-refractivity contribution in [2.24, 2.45) is 7.05 Å². The van der Waals surface area contributed by atoms with Gasteiger partial charge in [-0.1, -0.05) is 17.7 Å². The van der Waals surface area contributed by atoms with Crippen LogP contribution in [0.2, 0.25) is 5.02 Å². The van der Waals surface area contributed by atoms with Crippen LogP contribution in [0.3, 0.4) is 0 Å². The van der Waals surface area contributed by atoms with Gasteiger partial charge in [-0.15, -0.1) is 5.10 Å². The molecule has 0 saturated carbocycles. The fourth-order valence-corrected chi connectivity index (χ4v) is 3.02. The molecule has 136 valence electrons. The number of hydrogen-bond acceptors (Lipinski definition) is 6. The van der Waals surface area contributed by atoms with Gasteiger partial charge >= 0.3 is 0 Å². The zero-order valence-corrected chi connectivity index (χ0v) is 15.3. The maximum absolute atomic E-state index is 11.1. The molecule has 0 unspecified atom stereocenters. The van der Waals surface area contributed by atoms with Gasteiger partial charge in [-0.25, -0.2) is 4.68 Å². The normalized spacial score (nSPS) is 10.9. The van der Waals surface area contributed by atoms with E-state index in [9.17, 15) is 4.79 Å². The van der Waals surface area contributed by atoms with Gasteiger partial charge in [0.05, 0.1) is 35.1 Å². The van der Waals surface area contributed by atoms with Crippen molar-refractivity contribution >= 4 is 40.4 Å². The van der Waals surface area contributed by atoms with E-state index in [2.05, 4.69) is 25.6 Å². The predicted octanol–water partition coefficient (Wildman–Crippen LogP) is 3.58. The number of nitrogens with zero attached hydrogens (tertiary/aromatic N) is 4. The van der Waals surface area contributed by atoms with Crippen LogP contribution < -0.4 is 10.1 Å². The van der Waals surface area contributed by atoms with Gasteiger partial charge in [-0.05, 0) is 24.3 Å². The lowest BCUT2D eigenvalue weighted by molar-refractivity contribution is 0.112. The van der Waals surface area contributed by atoms with Crippen molar-refractivity contribution in [3.05, 3.63) is 47.1 Å². The second kappa shape index (κ2) is 6.73. The summed E-state index contributed by atoms with van der Waals surface area (Å²) in [6.45, 7) is 0. The number of anilines is 2. The quantitative estimate of drug-likeness (QED) is 0.512.